The average Bonchev–Trinajstić information content (AvgIpc) is 2.46. The topological polar surface area (TPSA) is 149 Å². The fraction of sp³-hybridized carbons (Fsp3) is 0.500. The molecule has 0 atom stereocenters. The van der Waals surface area contributed by atoms with Gasteiger partial charge in [-0.1, -0.05) is 0 Å². The average molecular weight is 299 g/mol. The lowest BCUT2D eigenvalue weighted by atomic mass is 10.4. The molecular formula is C10H17N7O4. The minimum atomic E-state index is -0.630. The smallest absolute Gasteiger partial charge is 0.329 e. The lowest BCUT2D eigenvalue weighted by molar-refractivity contribution is -0.384. The first-order valence-electron chi connectivity index (χ1n) is 5.94. The summed E-state index contributed by atoms with van der Waals surface area (Å²) in [5.41, 5.74) is 1.88. The molecular weight excluding hydrogens is 282 g/mol. The van der Waals surface area contributed by atoms with E-state index in [1.54, 1.807) is 0 Å². The van der Waals surface area contributed by atoms with Gasteiger partial charge in [0, 0.05) is 20.7 Å². The molecule has 0 aliphatic carbocycles. The van der Waals surface area contributed by atoms with Crippen LogP contribution in [-0.4, -0.2) is 54.7 Å². The Balaban J connectivity index is 2.82. The molecule has 0 aliphatic rings. The van der Waals surface area contributed by atoms with Crippen LogP contribution in [0.15, 0.2) is 6.20 Å². The number of anilines is 2. The maximum Gasteiger partial charge on any atom is 0.329 e. The summed E-state index contributed by atoms with van der Waals surface area (Å²) in [6.07, 6.45) is 1.02. The zero-order chi connectivity index (χ0) is 15.8. The quantitative estimate of drug-likeness (QED) is 0.234. The van der Waals surface area contributed by atoms with Gasteiger partial charge in [0.1, 0.15) is 6.20 Å². The summed E-state index contributed by atoms with van der Waals surface area (Å²) < 4.78 is 4.80. The van der Waals surface area contributed by atoms with E-state index in [1.165, 1.54) is 19.1 Å². The Kier molecular flexibility index (Phi) is 6.23. The number of nitrogens with one attached hydrogen (secondary N) is 2. The van der Waals surface area contributed by atoms with Crippen molar-refractivity contribution in [1.29, 1.82) is 0 Å². The number of methoxy groups -OCH3 is 1. The Bertz CT molecular complexity index is 510. The third kappa shape index (κ3) is 4.81. The van der Waals surface area contributed by atoms with Crippen LogP contribution in [0.4, 0.5) is 17.5 Å². The number of hydrogen-bond donors (Lipinski definition) is 3. The van der Waals surface area contributed by atoms with Gasteiger partial charge in [-0.25, -0.2) is 10.8 Å². The Hall–Kier alpha value is -2.53. The fourth-order valence-corrected chi connectivity index (χ4v) is 1.48. The molecule has 0 saturated heterocycles. The highest BCUT2D eigenvalue weighted by Gasteiger charge is 2.22. The largest absolute Gasteiger partial charge is 0.383 e. The van der Waals surface area contributed by atoms with Crippen molar-refractivity contribution in [3.05, 3.63) is 16.3 Å². The number of nitrogens with zero attached hydrogens (tertiary/aromatic N) is 4. The summed E-state index contributed by atoms with van der Waals surface area (Å²) in [5, 5.41) is 13.6. The van der Waals surface area contributed by atoms with Gasteiger partial charge in [-0.2, -0.15) is 4.98 Å². The molecule has 11 heteroatoms. The molecule has 11 nitrogen and oxygen atoms in total. The Morgan fingerprint density at radius 2 is 2.33 bits per heavy atom. The summed E-state index contributed by atoms with van der Waals surface area (Å²) in [6.45, 7) is 0.626. The summed E-state index contributed by atoms with van der Waals surface area (Å²) in [4.78, 5) is 30.9. The lowest BCUT2D eigenvalue weighted by Gasteiger charge is -2.17. The molecule has 4 N–H and O–H groups in total. The van der Waals surface area contributed by atoms with Crippen molar-refractivity contribution in [2.24, 2.45) is 5.84 Å². The number of ether oxygens (including phenoxy) is 1. The molecule has 1 amide bonds. The molecule has 21 heavy (non-hydrogen) atoms. The molecule has 1 aromatic heterocycles. The van der Waals surface area contributed by atoms with E-state index < -0.39 is 4.92 Å². The van der Waals surface area contributed by atoms with Gasteiger partial charge >= 0.3 is 5.69 Å². The summed E-state index contributed by atoms with van der Waals surface area (Å²) >= 11 is 0. The van der Waals surface area contributed by atoms with Crippen molar-refractivity contribution >= 4 is 23.4 Å². The van der Waals surface area contributed by atoms with Crippen LogP contribution in [0.2, 0.25) is 0 Å². The van der Waals surface area contributed by atoms with Crippen LogP contribution in [0.3, 0.4) is 0 Å². The highest BCUT2D eigenvalue weighted by atomic mass is 16.6. The summed E-state index contributed by atoms with van der Waals surface area (Å²) in [6, 6.07) is 0. The van der Waals surface area contributed by atoms with E-state index >= 15 is 0 Å². The third-order valence-corrected chi connectivity index (χ3v) is 2.45. The monoisotopic (exact) mass is 299 g/mol. The van der Waals surface area contributed by atoms with E-state index in [0.29, 0.717) is 13.2 Å². The predicted octanol–water partition coefficient (Wildman–Crippen LogP) is -1.13. The van der Waals surface area contributed by atoms with E-state index in [9.17, 15) is 14.9 Å². The molecule has 0 aromatic carbocycles. The van der Waals surface area contributed by atoms with Crippen LogP contribution in [0, 0.1) is 10.1 Å². The highest BCUT2D eigenvalue weighted by Crippen LogP contribution is 2.24. The minimum Gasteiger partial charge on any atom is -0.383 e. The Morgan fingerprint density at radius 3 is 2.90 bits per heavy atom. The number of rotatable bonds is 8. The van der Waals surface area contributed by atoms with Gasteiger partial charge in [-0.15, -0.1) is 0 Å². The number of hydrogen-bond acceptors (Lipinski definition) is 9. The van der Waals surface area contributed by atoms with Crippen LogP contribution >= 0.6 is 0 Å². The predicted molar refractivity (Wildman–Crippen MR) is 74.7 cm³/mol. The molecule has 0 aliphatic heterocycles. The zero-order valence-corrected chi connectivity index (χ0v) is 11.7. The molecule has 0 radical (unpaired) electrons. The second-order valence-corrected chi connectivity index (χ2v) is 4.00. The molecule has 116 valence electrons. The Morgan fingerprint density at radius 1 is 1.62 bits per heavy atom. The van der Waals surface area contributed by atoms with Gasteiger partial charge in [0.2, 0.25) is 17.7 Å². The second-order valence-electron chi connectivity index (χ2n) is 4.00. The molecule has 0 saturated carbocycles. The second kappa shape index (κ2) is 7.91. The van der Waals surface area contributed by atoms with Crippen LogP contribution in [0.25, 0.3) is 0 Å². The number of amides is 1. The van der Waals surface area contributed by atoms with Crippen molar-refractivity contribution < 1.29 is 14.5 Å². The molecule has 0 unspecified atom stereocenters. The number of nitro groups is 1. The van der Waals surface area contributed by atoms with Gasteiger partial charge in [0.15, 0.2) is 0 Å². The van der Waals surface area contributed by atoms with Crippen molar-refractivity contribution in [2.45, 2.75) is 0 Å². The SMILES string of the molecule is COCCNC(=O)CN(C)c1nc(NN)ncc1[N+](=O)[O-]. The normalized spacial score (nSPS) is 10.0. The summed E-state index contributed by atoms with van der Waals surface area (Å²) in [7, 11) is 3.02. The van der Waals surface area contributed by atoms with Crippen LogP contribution in [0.1, 0.15) is 0 Å². The van der Waals surface area contributed by atoms with E-state index in [1.807, 2.05) is 0 Å². The molecule has 0 bridgehead atoms. The van der Waals surface area contributed by atoms with E-state index in [2.05, 4.69) is 20.7 Å². The highest BCUT2D eigenvalue weighted by molar-refractivity contribution is 5.81. The third-order valence-electron chi connectivity index (χ3n) is 2.45. The number of hydrazine groups is 1. The molecule has 0 fully saturated rings. The van der Waals surface area contributed by atoms with Crippen molar-refractivity contribution in [3.8, 4) is 0 Å². The molecule has 0 spiro atoms. The van der Waals surface area contributed by atoms with E-state index in [0.717, 1.165) is 6.20 Å². The minimum absolute atomic E-state index is 0.00941. The summed E-state index contributed by atoms with van der Waals surface area (Å²) in [5.74, 6) is 4.86. The first kappa shape index (κ1) is 16.5. The van der Waals surface area contributed by atoms with Crippen molar-refractivity contribution in [1.82, 2.24) is 15.3 Å². The fourth-order valence-electron chi connectivity index (χ4n) is 1.48. The number of nitrogen functional groups attached to an aromatic ring is 1. The van der Waals surface area contributed by atoms with Gasteiger partial charge in [0.25, 0.3) is 0 Å². The maximum absolute atomic E-state index is 11.7. The van der Waals surface area contributed by atoms with Gasteiger partial charge < -0.3 is 15.0 Å². The van der Waals surface area contributed by atoms with Gasteiger partial charge in [-0.05, 0) is 0 Å². The van der Waals surface area contributed by atoms with Crippen LogP contribution in [0.5, 0.6) is 0 Å². The number of carbonyl (C=O) groups is 1. The van der Waals surface area contributed by atoms with E-state index in [4.69, 9.17) is 10.6 Å². The molecule has 1 heterocycles. The van der Waals surface area contributed by atoms with E-state index in [-0.39, 0.29) is 29.9 Å². The maximum atomic E-state index is 11.7. The first-order chi connectivity index (χ1) is 9.99. The lowest BCUT2D eigenvalue weighted by Crippen LogP contribution is -2.37. The van der Waals surface area contributed by atoms with Crippen LogP contribution in [-0.2, 0) is 9.53 Å². The number of nitrogens with two attached hydrogens (primary N) is 1. The van der Waals surface area contributed by atoms with Gasteiger partial charge in [-0.3, -0.25) is 20.3 Å². The number of likely N-dealkylation sites (N-methyl/N-ethyl adjacent to an activating group) is 1. The van der Waals surface area contributed by atoms with Crippen molar-refractivity contribution in [3.63, 3.8) is 0 Å². The number of aromatic nitrogens is 2. The standard InChI is InChI=1S/C10H17N7O4/c1-16(6-8(18)12-3-4-21-2)9-7(17(19)20)5-13-10(14-9)15-11/h5H,3-4,6,11H2,1-2H3,(H,12,18)(H,13,14,15). The Labute approximate surface area is 120 Å². The molecule has 1 rings (SSSR count). The zero-order valence-electron chi connectivity index (χ0n) is 11.7. The van der Waals surface area contributed by atoms with Crippen molar-refractivity contribution in [2.75, 3.05) is 44.2 Å². The van der Waals surface area contributed by atoms with Crippen LogP contribution < -0.4 is 21.5 Å². The first-order valence-corrected chi connectivity index (χ1v) is 5.94. The molecule has 1 aromatic rings. The number of carbonyl (C=O) groups excluding carboxylic acids is 1. The van der Waals surface area contributed by atoms with Gasteiger partial charge in [0.05, 0.1) is 18.1 Å².